The van der Waals surface area contributed by atoms with E-state index in [1.54, 1.807) is 23.8 Å². The molecule has 0 N–H and O–H groups in total. The maximum atomic E-state index is 13.9. The van der Waals surface area contributed by atoms with Crippen molar-refractivity contribution in [2.24, 2.45) is 5.92 Å². The zero-order chi connectivity index (χ0) is 22.7. The van der Waals surface area contributed by atoms with Gasteiger partial charge in [0.05, 0.1) is 25.9 Å². The van der Waals surface area contributed by atoms with E-state index in [0.29, 0.717) is 11.6 Å². The molecule has 0 spiro atoms. The van der Waals surface area contributed by atoms with Crippen molar-refractivity contribution in [3.05, 3.63) is 58.6 Å². The minimum absolute atomic E-state index is 0.145. The fourth-order valence-electron chi connectivity index (χ4n) is 4.51. The van der Waals surface area contributed by atoms with Gasteiger partial charge >= 0.3 is 6.03 Å². The first kappa shape index (κ1) is 21.9. The SMILES string of the molecule is C#CCN1C(=O)N(Cc2ccc(OC)cc2)c2ccc(Cl)cc2C1(COC#CC)C1CC1. The number of ether oxygens (including phenoxy) is 2. The van der Waals surface area contributed by atoms with E-state index in [9.17, 15) is 4.79 Å². The number of carbonyl (C=O) groups is 1. The molecule has 6 heteroatoms. The molecule has 4 rings (SSSR count). The van der Waals surface area contributed by atoms with Gasteiger partial charge in [-0.25, -0.2) is 4.79 Å². The molecule has 1 saturated carbocycles. The van der Waals surface area contributed by atoms with Crippen LogP contribution in [0.15, 0.2) is 42.5 Å². The molecule has 2 aromatic rings. The van der Waals surface area contributed by atoms with Crippen molar-refractivity contribution in [3.63, 3.8) is 0 Å². The highest BCUT2D eigenvalue weighted by Gasteiger charge is 2.57. The number of amides is 2. The second-order valence-corrected chi connectivity index (χ2v) is 8.44. The van der Waals surface area contributed by atoms with E-state index >= 15 is 0 Å². The summed E-state index contributed by atoms with van der Waals surface area (Å²) in [7, 11) is 1.63. The number of methoxy groups -OCH3 is 1. The molecule has 1 atom stereocenters. The lowest BCUT2D eigenvalue weighted by atomic mass is 9.80. The van der Waals surface area contributed by atoms with Crippen LogP contribution in [-0.4, -0.2) is 31.2 Å². The molecule has 0 aromatic heterocycles. The largest absolute Gasteiger partial charge is 0.497 e. The van der Waals surface area contributed by atoms with Gasteiger partial charge in [-0.15, -0.1) is 6.42 Å². The lowest BCUT2D eigenvalue weighted by molar-refractivity contribution is 0.0398. The zero-order valence-electron chi connectivity index (χ0n) is 18.2. The number of benzene rings is 2. The zero-order valence-corrected chi connectivity index (χ0v) is 19.0. The standard InChI is InChI=1S/C26H25ClN2O3/c1-4-14-29-25(30)28(17-19-6-11-22(31-3)12-7-19)24-13-10-21(27)16-23(24)26(29,20-8-9-20)18-32-15-5-2/h1,6-7,10-13,16,20H,8-9,14,17-18H2,2-3H3. The van der Waals surface area contributed by atoms with Gasteiger partial charge in [-0.05, 0) is 54.7 Å². The van der Waals surface area contributed by atoms with E-state index in [2.05, 4.69) is 17.9 Å². The van der Waals surface area contributed by atoms with E-state index < -0.39 is 5.54 Å². The van der Waals surface area contributed by atoms with Crippen molar-refractivity contribution in [1.82, 2.24) is 4.90 Å². The van der Waals surface area contributed by atoms with Crippen LogP contribution >= 0.6 is 11.6 Å². The average molecular weight is 449 g/mol. The van der Waals surface area contributed by atoms with Gasteiger partial charge in [-0.3, -0.25) is 9.80 Å². The molecule has 0 bridgehead atoms. The summed E-state index contributed by atoms with van der Waals surface area (Å²) in [5.74, 6) is 6.44. The quantitative estimate of drug-likeness (QED) is 0.558. The Morgan fingerprint density at radius 3 is 2.59 bits per heavy atom. The number of carbonyl (C=O) groups excluding carboxylic acids is 1. The number of rotatable bonds is 7. The number of urea groups is 1. The number of nitrogens with zero attached hydrogens (tertiary/aromatic N) is 2. The number of fused-ring (bicyclic) bond motifs is 1. The van der Waals surface area contributed by atoms with Crippen LogP contribution in [-0.2, 0) is 16.8 Å². The maximum Gasteiger partial charge on any atom is 0.326 e. The average Bonchev–Trinajstić information content (AvgIpc) is 3.65. The summed E-state index contributed by atoms with van der Waals surface area (Å²) in [5, 5.41) is 0.606. The molecule has 32 heavy (non-hydrogen) atoms. The van der Waals surface area contributed by atoms with Gasteiger partial charge < -0.3 is 9.47 Å². The Kier molecular flexibility index (Phi) is 6.21. The smallest absolute Gasteiger partial charge is 0.326 e. The van der Waals surface area contributed by atoms with E-state index in [1.807, 2.05) is 42.5 Å². The van der Waals surface area contributed by atoms with Gasteiger partial charge in [0.1, 0.15) is 24.0 Å². The number of hydrogen-bond acceptors (Lipinski definition) is 3. The van der Waals surface area contributed by atoms with Gasteiger partial charge in [-0.2, -0.15) is 0 Å². The van der Waals surface area contributed by atoms with Crippen LogP contribution in [0.5, 0.6) is 5.75 Å². The van der Waals surface area contributed by atoms with E-state index in [0.717, 1.165) is 35.4 Å². The molecular weight excluding hydrogens is 424 g/mol. The summed E-state index contributed by atoms with van der Waals surface area (Å²) < 4.78 is 11.0. The van der Waals surface area contributed by atoms with Crippen molar-refractivity contribution in [3.8, 4) is 30.1 Å². The van der Waals surface area contributed by atoms with Gasteiger partial charge in [-0.1, -0.05) is 35.6 Å². The van der Waals surface area contributed by atoms with Crippen LogP contribution < -0.4 is 9.64 Å². The number of hydrogen-bond donors (Lipinski definition) is 0. The molecule has 2 amide bonds. The molecule has 0 radical (unpaired) electrons. The third kappa shape index (κ3) is 3.85. The summed E-state index contributed by atoms with van der Waals surface area (Å²) in [5.41, 5.74) is 2.05. The Morgan fingerprint density at radius 1 is 1.22 bits per heavy atom. The first-order valence-corrected chi connectivity index (χ1v) is 10.9. The highest BCUT2D eigenvalue weighted by Crippen LogP contribution is 2.55. The van der Waals surface area contributed by atoms with Gasteiger partial charge in [0, 0.05) is 17.5 Å². The second kappa shape index (κ2) is 9.07. The lowest BCUT2D eigenvalue weighted by Gasteiger charge is -2.50. The predicted molar refractivity (Wildman–Crippen MR) is 125 cm³/mol. The minimum Gasteiger partial charge on any atom is -0.497 e. The molecule has 1 unspecified atom stereocenters. The maximum absolute atomic E-state index is 13.9. The molecular formula is C26H25ClN2O3. The van der Waals surface area contributed by atoms with Crippen molar-refractivity contribution in [1.29, 1.82) is 0 Å². The number of terminal acetylenes is 1. The van der Waals surface area contributed by atoms with Crippen molar-refractivity contribution >= 4 is 23.3 Å². The Morgan fingerprint density at radius 2 is 1.97 bits per heavy atom. The summed E-state index contributed by atoms with van der Waals surface area (Å²) in [6.07, 6.45) is 10.4. The minimum atomic E-state index is -0.704. The Labute approximate surface area is 194 Å². The molecule has 1 fully saturated rings. The van der Waals surface area contributed by atoms with Crippen LogP contribution in [0.4, 0.5) is 10.5 Å². The molecule has 164 valence electrons. The predicted octanol–water partition coefficient (Wildman–Crippen LogP) is 5.03. The molecule has 2 aromatic carbocycles. The number of halogens is 1. The van der Waals surface area contributed by atoms with Crippen LogP contribution in [0.25, 0.3) is 0 Å². The van der Waals surface area contributed by atoms with E-state index in [4.69, 9.17) is 27.5 Å². The highest BCUT2D eigenvalue weighted by atomic mass is 35.5. The molecule has 2 aliphatic rings. The third-order valence-electron chi connectivity index (χ3n) is 6.13. The van der Waals surface area contributed by atoms with Crippen molar-refractivity contribution in [2.45, 2.75) is 31.8 Å². The molecule has 1 aliphatic carbocycles. The number of anilines is 1. The lowest BCUT2D eigenvalue weighted by Crippen LogP contribution is -2.61. The molecule has 1 aliphatic heterocycles. The molecule has 5 nitrogen and oxygen atoms in total. The van der Waals surface area contributed by atoms with Crippen molar-refractivity contribution in [2.75, 3.05) is 25.2 Å². The summed E-state index contributed by atoms with van der Waals surface area (Å²) in [6, 6.07) is 13.2. The molecule has 0 saturated heterocycles. The Hall–Kier alpha value is -3.28. The summed E-state index contributed by atoms with van der Waals surface area (Å²) >= 11 is 6.45. The Bertz CT molecular complexity index is 1110. The third-order valence-corrected chi connectivity index (χ3v) is 6.36. The summed E-state index contributed by atoms with van der Waals surface area (Å²) in [4.78, 5) is 17.4. The fourth-order valence-corrected chi connectivity index (χ4v) is 4.69. The van der Waals surface area contributed by atoms with E-state index in [-0.39, 0.29) is 25.1 Å². The van der Waals surface area contributed by atoms with Crippen molar-refractivity contribution < 1.29 is 14.3 Å². The van der Waals surface area contributed by atoms with Crippen LogP contribution in [0.3, 0.4) is 0 Å². The Balaban J connectivity index is 1.83. The van der Waals surface area contributed by atoms with Crippen LogP contribution in [0.2, 0.25) is 5.02 Å². The normalized spacial score (nSPS) is 19.5. The second-order valence-electron chi connectivity index (χ2n) is 8.01. The monoisotopic (exact) mass is 448 g/mol. The van der Waals surface area contributed by atoms with Gasteiger partial charge in [0.2, 0.25) is 0 Å². The molecule has 1 heterocycles. The highest BCUT2D eigenvalue weighted by molar-refractivity contribution is 6.30. The summed E-state index contributed by atoms with van der Waals surface area (Å²) in [6.45, 7) is 2.53. The van der Waals surface area contributed by atoms with Gasteiger partial charge in [0.15, 0.2) is 0 Å². The van der Waals surface area contributed by atoms with E-state index in [1.165, 1.54) is 0 Å². The first-order valence-electron chi connectivity index (χ1n) is 10.5. The van der Waals surface area contributed by atoms with Crippen LogP contribution in [0, 0.1) is 30.3 Å². The van der Waals surface area contributed by atoms with Crippen LogP contribution in [0.1, 0.15) is 30.9 Å². The van der Waals surface area contributed by atoms with Gasteiger partial charge in [0.25, 0.3) is 0 Å². The topological polar surface area (TPSA) is 42.0 Å². The fraction of sp³-hybridized carbons (Fsp3) is 0.346. The first-order chi connectivity index (χ1) is 15.5.